The van der Waals surface area contributed by atoms with E-state index >= 15 is 0 Å². The molecule has 29 heavy (non-hydrogen) atoms. The van der Waals surface area contributed by atoms with Gasteiger partial charge in [-0.1, -0.05) is 41.9 Å². The molecule has 0 spiro atoms. The summed E-state index contributed by atoms with van der Waals surface area (Å²) in [4.78, 5) is 16.8. The third-order valence-electron chi connectivity index (χ3n) is 5.75. The van der Waals surface area contributed by atoms with Crippen molar-refractivity contribution in [2.75, 3.05) is 26.2 Å². The van der Waals surface area contributed by atoms with E-state index in [-0.39, 0.29) is 17.7 Å². The van der Waals surface area contributed by atoms with E-state index in [1.807, 2.05) is 29.2 Å². The fraction of sp³-hybridized carbons (Fsp3) is 0.409. The maximum atomic E-state index is 12.9. The maximum Gasteiger partial charge on any atom is 0.416 e. The van der Waals surface area contributed by atoms with Crippen LogP contribution in [-0.4, -0.2) is 41.9 Å². The molecule has 0 aromatic heterocycles. The zero-order chi connectivity index (χ0) is 20.6. The van der Waals surface area contributed by atoms with Crippen molar-refractivity contribution in [3.63, 3.8) is 0 Å². The van der Waals surface area contributed by atoms with E-state index in [0.29, 0.717) is 43.3 Å². The number of rotatable bonds is 4. The first-order chi connectivity index (χ1) is 13.8. The molecule has 2 aromatic rings. The van der Waals surface area contributed by atoms with Crippen LogP contribution in [0.5, 0.6) is 0 Å². The molecule has 2 atom stereocenters. The van der Waals surface area contributed by atoms with Gasteiger partial charge in [-0.25, -0.2) is 0 Å². The van der Waals surface area contributed by atoms with Crippen molar-refractivity contribution in [2.45, 2.75) is 25.1 Å². The van der Waals surface area contributed by atoms with Gasteiger partial charge in [0.25, 0.3) is 0 Å². The van der Waals surface area contributed by atoms with Crippen LogP contribution in [0.25, 0.3) is 0 Å². The lowest BCUT2D eigenvalue weighted by atomic mass is 10.1. The number of carbonyl (C=O) groups excluding carboxylic acids is 1. The van der Waals surface area contributed by atoms with Crippen LogP contribution in [0.4, 0.5) is 13.2 Å². The van der Waals surface area contributed by atoms with Crippen LogP contribution in [0.2, 0.25) is 5.02 Å². The molecule has 1 saturated heterocycles. The first-order valence-corrected chi connectivity index (χ1v) is 10.1. The van der Waals surface area contributed by atoms with Crippen LogP contribution in [0.1, 0.15) is 29.0 Å². The Morgan fingerprint density at radius 1 is 1.03 bits per heavy atom. The number of piperazine rings is 1. The van der Waals surface area contributed by atoms with E-state index < -0.39 is 11.7 Å². The van der Waals surface area contributed by atoms with Crippen LogP contribution in [-0.2, 0) is 17.5 Å². The predicted octanol–water partition coefficient (Wildman–Crippen LogP) is 4.81. The van der Waals surface area contributed by atoms with Crippen molar-refractivity contribution in [3.8, 4) is 0 Å². The van der Waals surface area contributed by atoms with Gasteiger partial charge >= 0.3 is 6.18 Å². The van der Waals surface area contributed by atoms with Gasteiger partial charge in [0.15, 0.2) is 0 Å². The molecule has 2 unspecified atom stereocenters. The number of amides is 1. The molecule has 3 nitrogen and oxygen atoms in total. The molecular formula is C22H22ClF3N2O. The van der Waals surface area contributed by atoms with E-state index in [0.717, 1.165) is 18.1 Å². The van der Waals surface area contributed by atoms with E-state index in [9.17, 15) is 18.0 Å². The Bertz CT molecular complexity index is 876. The van der Waals surface area contributed by atoms with Crippen molar-refractivity contribution in [2.24, 2.45) is 5.92 Å². The van der Waals surface area contributed by atoms with E-state index in [1.54, 1.807) is 6.07 Å². The molecule has 0 bridgehead atoms. The van der Waals surface area contributed by atoms with Crippen molar-refractivity contribution in [1.29, 1.82) is 0 Å². The monoisotopic (exact) mass is 422 g/mol. The number of hydrogen-bond donors (Lipinski definition) is 0. The van der Waals surface area contributed by atoms with Crippen LogP contribution in [0, 0.1) is 5.92 Å². The summed E-state index contributed by atoms with van der Waals surface area (Å²) in [7, 11) is 0. The first kappa shape index (κ1) is 20.2. The largest absolute Gasteiger partial charge is 0.416 e. The lowest BCUT2D eigenvalue weighted by molar-refractivity contribution is -0.138. The number of benzene rings is 2. The van der Waals surface area contributed by atoms with E-state index in [1.165, 1.54) is 12.1 Å². The topological polar surface area (TPSA) is 23.6 Å². The number of hydrogen-bond acceptors (Lipinski definition) is 2. The molecule has 4 rings (SSSR count). The second-order valence-corrected chi connectivity index (χ2v) is 8.24. The van der Waals surface area contributed by atoms with Gasteiger partial charge in [-0.2, -0.15) is 13.2 Å². The maximum absolute atomic E-state index is 12.9. The third kappa shape index (κ3) is 4.75. The molecule has 1 saturated carbocycles. The summed E-state index contributed by atoms with van der Waals surface area (Å²) in [6.07, 6.45) is -3.46. The molecule has 154 valence electrons. The predicted molar refractivity (Wildman–Crippen MR) is 106 cm³/mol. The van der Waals surface area contributed by atoms with Gasteiger partial charge in [0.1, 0.15) is 0 Å². The normalized spacial score (nSPS) is 22.6. The summed E-state index contributed by atoms with van der Waals surface area (Å²) in [6.45, 7) is 3.02. The molecule has 2 aliphatic rings. The highest BCUT2D eigenvalue weighted by Gasteiger charge is 2.46. The van der Waals surface area contributed by atoms with E-state index in [2.05, 4.69) is 4.90 Å². The molecule has 0 radical (unpaired) electrons. The van der Waals surface area contributed by atoms with Gasteiger partial charge in [-0.15, -0.1) is 0 Å². The molecule has 7 heteroatoms. The fourth-order valence-corrected chi connectivity index (χ4v) is 4.14. The third-order valence-corrected chi connectivity index (χ3v) is 6.00. The molecule has 0 N–H and O–H groups in total. The van der Waals surface area contributed by atoms with Crippen LogP contribution < -0.4 is 0 Å². The molecule has 1 aliphatic carbocycles. The van der Waals surface area contributed by atoms with Crippen molar-refractivity contribution in [1.82, 2.24) is 9.80 Å². The minimum Gasteiger partial charge on any atom is -0.340 e. The Morgan fingerprint density at radius 2 is 1.72 bits per heavy atom. The van der Waals surface area contributed by atoms with E-state index in [4.69, 9.17) is 11.6 Å². The van der Waals surface area contributed by atoms with Gasteiger partial charge in [-0.05, 0) is 41.7 Å². The summed E-state index contributed by atoms with van der Waals surface area (Å²) in [5.74, 6) is 0.484. The van der Waals surface area contributed by atoms with Gasteiger partial charge in [0.2, 0.25) is 5.91 Å². The van der Waals surface area contributed by atoms with Gasteiger partial charge in [0, 0.05) is 43.7 Å². The van der Waals surface area contributed by atoms with Crippen molar-refractivity contribution >= 4 is 17.5 Å². The summed E-state index contributed by atoms with van der Waals surface area (Å²) < 4.78 is 38.6. The molecule has 1 amide bonds. The number of nitrogens with zero attached hydrogens (tertiary/aromatic N) is 2. The number of halogens is 4. The second kappa shape index (κ2) is 8.00. The Labute approximate surface area is 173 Å². The summed E-state index contributed by atoms with van der Waals surface area (Å²) in [5.41, 5.74) is 1.17. The average molecular weight is 423 g/mol. The minimum atomic E-state index is -4.33. The molecule has 2 aromatic carbocycles. The lowest BCUT2D eigenvalue weighted by Crippen LogP contribution is -2.48. The summed E-state index contributed by atoms with van der Waals surface area (Å²) >= 11 is 5.92. The van der Waals surface area contributed by atoms with Gasteiger partial charge in [0.05, 0.1) is 5.56 Å². The Hall–Kier alpha value is -2.05. The number of carbonyl (C=O) groups is 1. The standard InChI is InChI=1S/C22H22ClF3N2O/c23-18-6-4-16(5-7-18)19-13-20(19)21(29)28-10-8-27(9-11-28)14-15-2-1-3-17(12-15)22(24,25)26/h1-7,12,19-20H,8-11,13-14H2. The highest BCUT2D eigenvalue weighted by atomic mass is 35.5. The number of alkyl halides is 3. The van der Waals surface area contributed by atoms with Crippen LogP contribution >= 0.6 is 11.6 Å². The molecular weight excluding hydrogens is 401 g/mol. The second-order valence-electron chi connectivity index (χ2n) is 7.80. The summed E-state index contributed by atoms with van der Waals surface area (Å²) in [6, 6.07) is 13.1. The van der Waals surface area contributed by atoms with Gasteiger partial charge in [-0.3, -0.25) is 9.69 Å². The first-order valence-electron chi connectivity index (χ1n) is 9.74. The fourth-order valence-electron chi connectivity index (χ4n) is 4.01. The van der Waals surface area contributed by atoms with Crippen LogP contribution in [0.15, 0.2) is 48.5 Å². The average Bonchev–Trinajstić information content (AvgIpc) is 3.49. The van der Waals surface area contributed by atoms with Crippen LogP contribution in [0.3, 0.4) is 0 Å². The minimum absolute atomic E-state index is 0.0335. The van der Waals surface area contributed by atoms with Crippen molar-refractivity contribution < 1.29 is 18.0 Å². The smallest absolute Gasteiger partial charge is 0.340 e. The highest BCUT2D eigenvalue weighted by Crippen LogP contribution is 2.48. The zero-order valence-electron chi connectivity index (χ0n) is 15.8. The quantitative estimate of drug-likeness (QED) is 0.706. The Morgan fingerprint density at radius 3 is 2.38 bits per heavy atom. The molecule has 1 heterocycles. The lowest BCUT2D eigenvalue weighted by Gasteiger charge is -2.35. The molecule has 1 aliphatic heterocycles. The Kier molecular flexibility index (Phi) is 5.58. The van der Waals surface area contributed by atoms with Crippen molar-refractivity contribution in [3.05, 3.63) is 70.2 Å². The molecule has 2 fully saturated rings. The highest BCUT2D eigenvalue weighted by molar-refractivity contribution is 6.30. The SMILES string of the molecule is O=C(C1CC1c1ccc(Cl)cc1)N1CCN(Cc2cccc(C(F)(F)F)c2)CC1. The Balaban J connectivity index is 1.29. The summed E-state index contributed by atoms with van der Waals surface area (Å²) in [5, 5.41) is 0.689. The van der Waals surface area contributed by atoms with Gasteiger partial charge < -0.3 is 4.90 Å². The zero-order valence-corrected chi connectivity index (χ0v) is 16.6.